The molecule has 0 amide bonds. The number of nitrogens with zero attached hydrogens (tertiary/aromatic N) is 3. The molecule has 0 atom stereocenters. The minimum absolute atomic E-state index is 0.375. The van der Waals surface area contributed by atoms with E-state index in [1.807, 2.05) is 0 Å². The Morgan fingerprint density at radius 2 is 1.94 bits per heavy atom. The normalized spacial score (nSPS) is 11.8. The van der Waals surface area contributed by atoms with Crippen LogP contribution in [0.5, 0.6) is 0 Å². The van der Waals surface area contributed by atoms with Crippen molar-refractivity contribution in [1.82, 2.24) is 15.0 Å². The second kappa shape index (κ2) is 4.10. The molecule has 0 unspecified atom stereocenters. The first-order valence-corrected chi connectivity index (χ1v) is 5.58. The zero-order valence-electron chi connectivity index (χ0n) is 7.49. The predicted molar refractivity (Wildman–Crippen MR) is 55.8 cm³/mol. The molecule has 0 aromatic carbocycles. The van der Waals surface area contributed by atoms with E-state index >= 15 is 0 Å². The lowest BCUT2D eigenvalue weighted by Gasteiger charge is -1.99. The molecule has 0 aliphatic carbocycles. The van der Waals surface area contributed by atoms with Gasteiger partial charge in [0.15, 0.2) is 5.01 Å². The van der Waals surface area contributed by atoms with Gasteiger partial charge in [-0.15, -0.1) is 11.3 Å². The molecule has 8 heteroatoms. The second-order valence-electron chi connectivity index (χ2n) is 2.75. The van der Waals surface area contributed by atoms with Crippen LogP contribution in [0.2, 0.25) is 0 Å². The maximum atomic E-state index is 12.3. The highest BCUT2D eigenvalue weighted by Gasteiger charge is 2.34. The fraction of sp³-hybridized carbons (Fsp3) is 0.125. The number of halogens is 4. The topological polar surface area (TPSA) is 38.7 Å². The van der Waals surface area contributed by atoms with Crippen molar-refractivity contribution in [3.05, 3.63) is 28.3 Å². The molecule has 0 radical (unpaired) electrons. The van der Waals surface area contributed by atoms with Crippen LogP contribution in [0.25, 0.3) is 10.4 Å². The summed E-state index contributed by atoms with van der Waals surface area (Å²) in [4.78, 5) is 11.3. The van der Waals surface area contributed by atoms with Gasteiger partial charge in [-0.05, 0) is 15.9 Å². The number of alkyl halides is 3. The molecule has 0 fully saturated rings. The number of thiazole rings is 1. The van der Waals surface area contributed by atoms with Crippen molar-refractivity contribution in [2.45, 2.75) is 6.18 Å². The molecule has 0 aliphatic heterocycles. The third-order valence-electron chi connectivity index (χ3n) is 1.68. The molecule has 0 N–H and O–H groups in total. The smallest absolute Gasteiger partial charge is 0.244 e. The fourth-order valence-corrected chi connectivity index (χ4v) is 2.34. The van der Waals surface area contributed by atoms with E-state index in [-0.39, 0.29) is 0 Å². The van der Waals surface area contributed by atoms with Gasteiger partial charge in [-0.1, -0.05) is 0 Å². The molecule has 2 aromatic rings. The lowest BCUT2D eigenvalue weighted by molar-refractivity contribution is -0.137. The summed E-state index contributed by atoms with van der Waals surface area (Å²) in [6.07, 6.45) is -0.508. The van der Waals surface area contributed by atoms with Gasteiger partial charge in [0.2, 0.25) is 0 Å². The highest BCUT2D eigenvalue weighted by Crippen LogP contribution is 2.37. The summed E-state index contributed by atoms with van der Waals surface area (Å²) in [6.45, 7) is 0. The molecule has 0 aliphatic rings. The van der Waals surface area contributed by atoms with E-state index in [0.29, 0.717) is 26.4 Å². The number of hydrogen-bond donors (Lipinski definition) is 0. The fourth-order valence-electron chi connectivity index (χ4n) is 1.01. The summed E-state index contributed by atoms with van der Waals surface area (Å²) in [6, 6.07) is 0. The van der Waals surface area contributed by atoms with Crippen LogP contribution in [-0.4, -0.2) is 15.0 Å². The van der Waals surface area contributed by atoms with Crippen LogP contribution < -0.4 is 0 Å². The van der Waals surface area contributed by atoms with E-state index in [1.54, 1.807) is 0 Å². The molecule has 0 saturated heterocycles. The van der Waals surface area contributed by atoms with Gasteiger partial charge in [-0.3, -0.25) is 0 Å². The van der Waals surface area contributed by atoms with Crippen LogP contribution in [0.1, 0.15) is 5.01 Å². The number of rotatable bonds is 1. The first kappa shape index (κ1) is 11.5. The summed E-state index contributed by atoms with van der Waals surface area (Å²) in [7, 11) is 0. The Hall–Kier alpha value is -1.02. The van der Waals surface area contributed by atoms with Crippen LogP contribution >= 0.6 is 27.3 Å². The maximum Gasteiger partial charge on any atom is 0.443 e. The Labute approximate surface area is 101 Å². The van der Waals surface area contributed by atoms with Gasteiger partial charge in [0.1, 0.15) is 10.9 Å². The van der Waals surface area contributed by atoms with Gasteiger partial charge in [-0.25, -0.2) is 15.0 Å². The van der Waals surface area contributed by atoms with Gasteiger partial charge in [0, 0.05) is 18.0 Å². The highest BCUT2D eigenvalue weighted by molar-refractivity contribution is 9.10. The first-order valence-electron chi connectivity index (χ1n) is 3.97. The molecular weight excluding hydrogens is 307 g/mol. The summed E-state index contributed by atoms with van der Waals surface area (Å²) in [5.41, 5.74) is 0.496. The second-order valence-corrected chi connectivity index (χ2v) is 4.54. The Kier molecular flexibility index (Phi) is 2.94. The van der Waals surface area contributed by atoms with Gasteiger partial charge in [0.05, 0.1) is 4.88 Å². The Bertz CT molecular complexity index is 511. The predicted octanol–water partition coefficient (Wildman–Crippen LogP) is 3.38. The van der Waals surface area contributed by atoms with Crippen molar-refractivity contribution in [2.75, 3.05) is 0 Å². The molecule has 2 heterocycles. The highest BCUT2D eigenvalue weighted by atomic mass is 79.9. The maximum absolute atomic E-state index is 12.3. The largest absolute Gasteiger partial charge is 0.443 e. The number of aromatic nitrogens is 3. The molecule has 0 saturated carbocycles. The van der Waals surface area contributed by atoms with Crippen molar-refractivity contribution in [2.24, 2.45) is 0 Å². The van der Waals surface area contributed by atoms with Crippen LogP contribution in [-0.2, 0) is 6.18 Å². The third kappa shape index (κ3) is 2.22. The molecule has 84 valence electrons. The Morgan fingerprint density at radius 3 is 2.50 bits per heavy atom. The van der Waals surface area contributed by atoms with E-state index < -0.39 is 11.2 Å². The SMILES string of the molecule is FC(F)(F)c1ncc(-c2cncnc2Br)s1. The van der Waals surface area contributed by atoms with E-state index in [0.717, 1.165) is 6.20 Å². The average molecular weight is 310 g/mol. The minimum atomic E-state index is -4.41. The standard InChI is InChI=1S/C8H3BrF3N3S/c9-6-4(1-13-3-15-6)5-2-14-7(16-5)8(10,11)12/h1-3H. The van der Waals surface area contributed by atoms with Gasteiger partial charge in [-0.2, -0.15) is 13.2 Å². The van der Waals surface area contributed by atoms with Crippen LogP contribution in [0.4, 0.5) is 13.2 Å². The molecule has 0 spiro atoms. The van der Waals surface area contributed by atoms with Gasteiger partial charge in [0.25, 0.3) is 0 Å². The average Bonchev–Trinajstić information content (AvgIpc) is 2.66. The van der Waals surface area contributed by atoms with Gasteiger partial charge < -0.3 is 0 Å². The van der Waals surface area contributed by atoms with Crippen LogP contribution in [0.15, 0.2) is 23.3 Å². The van der Waals surface area contributed by atoms with E-state index in [2.05, 4.69) is 30.9 Å². The summed E-state index contributed by atoms with van der Waals surface area (Å²) in [5, 5.41) is -0.877. The van der Waals surface area contributed by atoms with Crippen molar-refractivity contribution in [1.29, 1.82) is 0 Å². The van der Waals surface area contributed by atoms with E-state index in [9.17, 15) is 13.2 Å². The lowest BCUT2D eigenvalue weighted by Crippen LogP contribution is -2.02. The molecule has 2 rings (SSSR count). The zero-order chi connectivity index (χ0) is 11.8. The minimum Gasteiger partial charge on any atom is -0.244 e. The van der Waals surface area contributed by atoms with Crippen molar-refractivity contribution in [3.8, 4) is 10.4 Å². The molecule has 3 nitrogen and oxygen atoms in total. The lowest BCUT2D eigenvalue weighted by atomic mass is 10.3. The quantitative estimate of drug-likeness (QED) is 0.758. The monoisotopic (exact) mass is 309 g/mol. The molecular formula is C8H3BrF3N3S. The summed E-state index contributed by atoms with van der Waals surface area (Å²) >= 11 is 3.70. The van der Waals surface area contributed by atoms with Crippen molar-refractivity contribution in [3.63, 3.8) is 0 Å². The van der Waals surface area contributed by atoms with Gasteiger partial charge >= 0.3 is 6.18 Å². The van der Waals surface area contributed by atoms with Crippen molar-refractivity contribution >= 4 is 27.3 Å². The summed E-state index contributed by atoms with van der Waals surface area (Å²) < 4.78 is 37.4. The Morgan fingerprint density at radius 1 is 1.19 bits per heavy atom. The zero-order valence-corrected chi connectivity index (χ0v) is 9.90. The van der Waals surface area contributed by atoms with Crippen LogP contribution in [0.3, 0.4) is 0 Å². The Balaban J connectivity index is 2.44. The molecule has 2 aromatic heterocycles. The van der Waals surface area contributed by atoms with Crippen LogP contribution in [0, 0.1) is 0 Å². The summed E-state index contributed by atoms with van der Waals surface area (Å²) in [5.74, 6) is 0. The van der Waals surface area contributed by atoms with Crippen molar-refractivity contribution < 1.29 is 13.2 Å². The van der Waals surface area contributed by atoms with E-state index in [4.69, 9.17) is 0 Å². The first-order chi connectivity index (χ1) is 7.48. The van der Waals surface area contributed by atoms with E-state index in [1.165, 1.54) is 12.5 Å². The number of hydrogen-bond acceptors (Lipinski definition) is 4. The molecule has 16 heavy (non-hydrogen) atoms. The molecule has 0 bridgehead atoms. The third-order valence-corrected chi connectivity index (χ3v) is 3.38.